The van der Waals surface area contributed by atoms with Gasteiger partial charge in [-0.3, -0.25) is 4.79 Å². The zero-order chi connectivity index (χ0) is 18.5. The van der Waals surface area contributed by atoms with Gasteiger partial charge in [-0.05, 0) is 56.4 Å². The zero-order valence-electron chi connectivity index (χ0n) is 15.6. The summed E-state index contributed by atoms with van der Waals surface area (Å²) in [5.74, 6) is 0.648. The molecule has 4 rings (SSSR count). The first-order chi connectivity index (χ1) is 13.3. The minimum absolute atomic E-state index is 0.205. The van der Waals surface area contributed by atoms with Crippen LogP contribution in [0.5, 0.6) is 0 Å². The number of anilines is 1. The van der Waals surface area contributed by atoms with E-state index in [1.807, 2.05) is 17.0 Å². The molecule has 6 heteroatoms. The number of aromatic nitrogens is 2. The second-order valence-corrected chi connectivity index (χ2v) is 8.22. The van der Waals surface area contributed by atoms with Crippen molar-refractivity contribution in [1.82, 2.24) is 15.1 Å². The fraction of sp³-hybridized carbons (Fsp3) is 0.476. The van der Waals surface area contributed by atoms with Crippen LogP contribution in [0, 0.1) is 0 Å². The molecule has 0 aliphatic carbocycles. The predicted octanol–water partition coefficient (Wildman–Crippen LogP) is 3.85. The number of carbonyl (C=O) groups excluding carboxylic acids is 1. The van der Waals surface area contributed by atoms with Crippen molar-refractivity contribution in [3.8, 4) is 11.3 Å². The molecular weight excluding hydrogens is 356 g/mol. The van der Waals surface area contributed by atoms with Crippen molar-refractivity contribution in [2.75, 3.05) is 36.8 Å². The number of carbonyl (C=O) groups is 1. The van der Waals surface area contributed by atoms with Gasteiger partial charge >= 0.3 is 0 Å². The lowest BCUT2D eigenvalue weighted by molar-refractivity contribution is -0.127. The average molecular weight is 383 g/mol. The molecule has 0 unspecified atom stereocenters. The van der Waals surface area contributed by atoms with Crippen molar-refractivity contribution in [3.63, 3.8) is 0 Å². The van der Waals surface area contributed by atoms with Crippen LogP contribution < -0.4 is 4.90 Å². The van der Waals surface area contributed by atoms with Gasteiger partial charge in [0, 0.05) is 37.4 Å². The van der Waals surface area contributed by atoms with E-state index >= 15 is 0 Å². The molecule has 0 radical (unpaired) electrons. The van der Waals surface area contributed by atoms with Gasteiger partial charge in [0.2, 0.25) is 5.91 Å². The topological polar surface area (TPSA) is 49.3 Å². The molecule has 3 heterocycles. The molecule has 2 aliphatic heterocycles. The van der Waals surface area contributed by atoms with Gasteiger partial charge in [0.1, 0.15) is 5.03 Å². The van der Waals surface area contributed by atoms with E-state index in [2.05, 4.69) is 39.4 Å². The van der Waals surface area contributed by atoms with Gasteiger partial charge in [0.05, 0.1) is 11.4 Å². The highest BCUT2D eigenvalue weighted by Gasteiger charge is 2.18. The van der Waals surface area contributed by atoms with E-state index in [-0.39, 0.29) is 5.91 Å². The van der Waals surface area contributed by atoms with E-state index in [9.17, 15) is 4.79 Å². The van der Waals surface area contributed by atoms with Gasteiger partial charge < -0.3 is 9.80 Å². The Bertz CT molecular complexity index is 751. The van der Waals surface area contributed by atoms with Crippen LogP contribution in [0.4, 0.5) is 5.69 Å². The highest BCUT2D eigenvalue weighted by molar-refractivity contribution is 7.99. The number of piperidine rings is 1. The molecule has 0 bridgehead atoms. The van der Waals surface area contributed by atoms with Gasteiger partial charge in [-0.15, -0.1) is 10.2 Å². The molecule has 5 nitrogen and oxygen atoms in total. The number of amides is 1. The molecule has 2 aromatic rings. The fourth-order valence-corrected chi connectivity index (χ4v) is 4.46. The Labute approximate surface area is 165 Å². The van der Waals surface area contributed by atoms with Crippen molar-refractivity contribution in [3.05, 3.63) is 36.4 Å². The number of rotatable bonds is 5. The Morgan fingerprint density at radius 1 is 0.852 bits per heavy atom. The monoisotopic (exact) mass is 382 g/mol. The molecule has 1 aromatic carbocycles. The van der Waals surface area contributed by atoms with E-state index in [1.54, 1.807) is 0 Å². The van der Waals surface area contributed by atoms with Crippen LogP contribution in [0.1, 0.15) is 32.1 Å². The zero-order valence-corrected chi connectivity index (χ0v) is 16.5. The third-order valence-electron chi connectivity index (χ3n) is 5.33. The fourth-order valence-electron chi connectivity index (χ4n) is 3.74. The SMILES string of the molecule is O=C(CSc1ccc(-c2ccc(N3CCCCC3)cc2)nn1)N1CCCC1. The minimum atomic E-state index is 0.205. The highest BCUT2D eigenvalue weighted by atomic mass is 32.2. The second kappa shape index (κ2) is 8.74. The molecule has 2 fully saturated rings. The van der Waals surface area contributed by atoms with Crippen LogP contribution in [0.3, 0.4) is 0 Å². The lowest BCUT2D eigenvalue weighted by Crippen LogP contribution is -2.29. The number of hydrogen-bond acceptors (Lipinski definition) is 5. The Kier molecular flexibility index (Phi) is 5.92. The summed E-state index contributed by atoms with van der Waals surface area (Å²) in [5, 5.41) is 9.46. The third kappa shape index (κ3) is 4.61. The maximum Gasteiger partial charge on any atom is 0.232 e. The van der Waals surface area contributed by atoms with E-state index in [4.69, 9.17) is 0 Å². The van der Waals surface area contributed by atoms with Gasteiger partial charge in [0.15, 0.2) is 0 Å². The molecule has 2 aliphatic rings. The van der Waals surface area contributed by atoms with Crippen LogP contribution in [0.25, 0.3) is 11.3 Å². The summed E-state index contributed by atoms with van der Waals surface area (Å²) in [6.45, 7) is 4.11. The molecule has 0 atom stereocenters. The number of thioether (sulfide) groups is 1. The van der Waals surface area contributed by atoms with Crippen LogP contribution in [0.2, 0.25) is 0 Å². The lowest BCUT2D eigenvalue weighted by Gasteiger charge is -2.28. The van der Waals surface area contributed by atoms with Crippen LogP contribution in [-0.2, 0) is 4.79 Å². The number of likely N-dealkylation sites (tertiary alicyclic amines) is 1. The Hall–Kier alpha value is -2.08. The van der Waals surface area contributed by atoms with Crippen LogP contribution in [-0.4, -0.2) is 52.9 Å². The first-order valence-electron chi connectivity index (χ1n) is 9.89. The predicted molar refractivity (Wildman–Crippen MR) is 110 cm³/mol. The van der Waals surface area contributed by atoms with Crippen molar-refractivity contribution in [1.29, 1.82) is 0 Å². The first-order valence-corrected chi connectivity index (χ1v) is 10.9. The number of nitrogens with zero attached hydrogens (tertiary/aromatic N) is 4. The largest absolute Gasteiger partial charge is 0.372 e. The Morgan fingerprint density at radius 3 is 2.22 bits per heavy atom. The van der Waals surface area contributed by atoms with E-state index < -0.39 is 0 Å². The Morgan fingerprint density at radius 2 is 1.56 bits per heavy atom. The summed E-state index contributed by atoms with van der Waals surface area (Å²) in [6, 6.07) is 12.6. The van der Waals surface area contributed by atoms with Gasteiger partial charge in [-0.25, -0.2) is 0 Å². The highest BCUT2D eigenvalue weighted by Crippen LogP contribution is 2.25. The van der Waals surface area contributed by atoms with Crippen molar-refractivity contribution < 1.29 is 4.79 Å². The second-order valence-electron chi connectivity index (χ2n) is 7.23. The van der Waals surface area contributed by atoms with Gasteiger partial charge in [-0.1, -0.05) is 23.9 Å². The molecule has 27 heavy (non-hydrogen) atoms. The molecule has 0 saturated carbocycles. The van der Waals surface area contributed by atoms with Crippen molar-refractivity contribution in [2.45, 2.75) is 37.1 Å². The maximum absolute atomic E-state index is 12.1. The summed E-state index contributed by atoms with van der Waals surface area (Å²) in [4.78, 5) is 16.5. The average Bonchev–Trinajstić information content (AvgIpc) is 3.28. The lowest BCUT2D eigenvalue weighted by atomic mass is 10.1. The molecule has 0 N–H and O–H groups in total. The molecule has 0 spiro atoms. The van der Waals surface area contributed by atoms with Crippen molar-refractivity contribution in [2.24, 2.45) is 0 Å². The van der Waals surface area contributed by atoms with Gasteiger partial charge in [-0.2, -0.15) is 0 Å². The summed E-state index contributed by atoms with van der Waals surface area (Å²) in [6.07, 6.45) is 6.17. The summed E-state index contributed by atoms with van der Waals surface area (Å²) in [7, 11) is 0. The van der Waals surface area contributed by atoms with E-state index in [1.165, 1.54) is 36.7 Å². The third-order valence-corrected chi connectivity index (χ3v) is 6.23. The summed E-state index contributed by atoms with van der Waals surface area (Å²) < 4.78 is 0. The van der Waals surface area contributed by atoms with Crippen LogP contribution >= 0.6 is 11.8 Å². The van der Waals surface area contributed by atoms with Gasteiger partial charge in [0.25, 0.3) is 0 Å². The van der Waals surface area contributed by atoms with Crippen LogP contribution in [0.15, 0.2) is 41.4 Å². The number of hydrogen-bond donors (Lipinski definition) is 0. The normalized spacial score (nSPS) is 17.3. The smallest absolute Gasteiger partial charge is 0.232 e. The Balaban J connectivity index is 1.34. The van der Waals surface area contributed by atoms with E-state index in [0.29, 0.717) is 5.75 Å². The molecular formula is C21H26N4OS. The van der Waals surface area contributed by atoms with Crippen molar-refractivity contribution >= 4 is 23.4 Å². The van der Waals surface area contributed by atoms with E-state index in [0.717, 1.165) is 55.3 Å². The maximum atomic E-state index is 12.1. The number of benzene rings is 1. The summed E-state index contributed by atoms with van der Waals surface area (Å²) >= 11 is 1.47. The molecule has 1 aromatic heterocycles. The standard InChI is InChI=1S/C21H26N4OS/c26-21(25-14-4-5-15-25)16-27-20-11-10-19(22-23-20)17-6-8-18(9-7-17)24-12-2-1-3-13-24/h6-11H,1-5,12-16H2. The quantitative estimate of drug-likeness (QED) is 0.735. The molecule has 142 valence electrons. The first kappa shape index (κ1) is 18.3. The molecule has 1 amide bonds. The minimum Gasteiger partial charge on any atom is -0.372 e. The summed E-state index contributed by atoms with van der Waals surface area (Å²) in [5.41, 5.74) is 3.24. The molecule has 2 saturated heterocycles.